The van der Waals surface area contributed by atoms with Crippen molar-refractivity contribution >= 4 is 50.7 Å². The third-order valence-corrected chi connectivity index (χ3v) is 9.32. The van der Waals surface area contributed by atoms with E-state index in [1.165, 1.54) is 9.21 Å². The van der Waals surface area contributed by atoms with E-state index in [1.54, 1.807) is 24.3 Å². The highest BCUT2D eigenvalue weighted by Gasteiger charge is 2.31. The Morgan fingerprint density at radius 2 is 1.58 bits per heavy atom. The largest absolute Gasteiger partial charge is 0.354 e. The van der Waals surface area contributed by atoms with E-state index in [1.807, 2.05) is 63.2 Å². The van der Waals surface area contributed by atoms with Crippen molar-refractivity contribution in [2.75, 3.05) is 23.7 Å². The molecular formula is C33H41Cl2N3O4S. The first kappa shape index (κ1) is 34.4. The minimum absolute atomic E-state index is 0.0203. The molecule has 0 unspecified atom stereocenters. The van der Waals surface area contributed by atoms with Crippen LogP contribution in [0.25, 0.3) is 0 Å². The van der Waals surface area contributed by atoms with Crippen LogP contribution < -0.4 is 9.62 Å². The van der Waals surface area contributed by atoms with Gasteiger partial charge in [0.05, 0.1) is 11.9 Å². The SMILES string of the molecule is CCCCNC(=O)[C@H](Cc1ccccc1)N(Cc1c(Cl)cccc1Cl)C(=O)CCCN(c1ccc(C)c(C)c1)S(C)(=O)=O. The van der Waals surface area contributed by atoms with Crippen LogP contribution in [-0.2, 0) is 32.6 Å². The van der Waals surface area contributed by atoms with Crippen molar-refractivity contribution in [2.45, 2.75) is 65.5 Å². The van der Waals surface area contributed by atoms with Gasteiger partial charge in [-0.3, -0.25) is 13.9 Å². The van der Waals surface area contributed by atoms with Gasteiger partial charge in [-0.05, 0) is 67.6 Å². The van der Waals surface area contributed by atoms with E-state index in [0.29, 0.717) is 34.3 Å². The van der Waals surface area contributed by atoms with Crippen LogP contribution in [0.3, 0.4) is 0 Å². The summed E-state index contributed by atoms with van der Waals surface area (Å²) in [4.78, 5) is 29.2. The van der Waals surface area contributed by atoms with Gasteiger partial charge >= 0.3 is 0 Å². The molecule has 2 amide bonds. The molecule has 0 saturated carbocycles. The first-order chi connectivity index (χ1) is 20.4. The van der Waals surface area contributed by atoms with Crippen molar-refractivity contribution < 1.29 is 18.0 Å². The van der Waals surface area contributed by atoms with E-state index in [2.05, 4.69) is 5.32 Å². The topological polar surface area (TPSA) is 86.8 Å². The van der Waals surface area contributed by atoms with Gasteiger partial charge in [-0.25, -0.2) is 8.42 Å². The van der Waals surface area contributed by atoms with Gasteiger partial charge in [-0.1, -0.05) is 79.0 Å². The van der Waals surface area contributed by atoms with Gasteiger partial charge in [0, 0.05) is 48.1 Å². The second-order valence-electron chi connectivity index (χ2n) is 10.8. The lowest BCUT2D eigenvalue weighted by Gasteiger charge is -2.32. The summed E-state index contributed by atoms with van der Waals surface area (Å²) in [6.07, 6.45) is 3.46. The summed E-state index contributed by atoms with van der Waals surface area (Å²) in [5, 5.41) is 3.79. The zero-order valence-corrected chi connectivity index (χ0v) is 27.6. The Labute approximate surface area is 266 Å². The van der Waals surface area contributed by atoms with E-state index in [9.17, 15) is 18.0 Å². The number of benzene rings is 3. The molecular weight excluding hydrogens is 605 g/mol. The van der Waals surface area contributed by atoms with Crippen molar-refractivity contribution in [3.8, 4) is 0 Å². The van der Waals surface area contributed by atoms with Crippen molar-refractivity contribution in [3.05, 3.63) is 99.0 Å². The molecule has 1 N–H and O–H groups in total. The third kappa shape index (κ3) is 9.98. The van der Waals surface area contributed by atoms with E-state index in [4.69, 9.17) is 23.2 Å². The van der Waals surface area contributed by atoms with Crippen LogP contribution in [0.5, 0.6) is 0 Å². The van der Waals surface area contributed by atoms with Gasteiger partial charge in [0.25, 0.3) is 0 Å². The van der Waals surface area contributed by atoms with Crippen molar-refractivity contribution in [1.29, 1.82) is 0 Å². The highest BCUT2D eigenvalue weighted by atomic mass is 35.5. The molecule has 3 aromatic carbocycles. The average molecular weight is 647 g/mol. The minimum atomic E-state index is -3.60. The molecule has 0 aliphatic carbocycles. The summed E-state index contributed by atoms with van der Waals surface area (Å²) < 4.78 is 26.8. The maximum Gasteiger partial charge on any atom is 0.243 e. The lowest BCUT2D eigenvalue weighted by Crippen LogP contribution is -2.50. The highest BCUT2D eigenvalue weighted by Crippen LogP contribution is 2.28. The fourth-order valence-corrected chi connectivity index (χ4v) is 6.27. The minimum Gasteiger partial charge on any atom is -0.354 e. The fourth-order valence-electron chi connectivity index (χ4n) is 4.80. The van der Waals surface area contributed by atoms with Crippen molar-refractivity contribution in [3.63, 3.8) is 0 Å². The summed E-state index contributed by atoms with van der Waals surface area (Å²) in [6, 6.07) is 19.3. The van der Waals surface area contributed by atoms with Crippen molar-refractivity contribution in [2.24, 2.45) is 0 Å². The molecule has 0 fully saturated rings. The molecule has 0 saturated heterocycles. The number of carbonyl (C=O) groups is 2. The van der Waals surface area contributed by atoms with E-state index < -0.39 is 16.1 Å². The highest BCUT2D eigenvalue weighted by molar-refractivity contribution is 7.92. The molecule has 232 valence electrons. The second-order valence-corrected chi connectivity index (χ2v) is 13.5. The first-order valence-corrected chi connectivity index (χ1v) is 17.1. The number of amides is 2. The predicted octanol–water partition coefficient (Wildman–Crippen LogP) is 6.71. The Balaban J connectivity index is 1.92. The van der Waals surface area contributed by atoms with Crippen LogP contribution in [0, 0.1) is 13.8 Å². The predicted molar refractivity (Wildman–Crippen MR) is 176 cm³/mol. The molecule has 1 atom stereocenters. The van der Waals surface area contributed by atoms with Crippen LogP contribution in [0.2, 0.25) is 10.0 Å². The summed E-state index contributed by atoms with van der Waals surface area (Å²) in [5.41, 5.74) is 4.03. The molecule has 0 aromatic heterocycles. The van der Waals surface area contributed by atoms with Gasteiger partial charge < -0.3 is 10.2 Å². The Bertz CT molecular complexity index is 1480. The summed E-state index contributed by atoms with van der Waals surface area (Å²) in [7, 11) is -3.60. The third-order valence-electron chi connectivity index (χ3n) is 7.42. The number of unbranched alkanes of at least 4 members (excludes halogenated alkanes) is 1. The molecule has 0 aliphatic rings. The number of nitrogens with one attached hydrogen (secondary N) is 1. The molecule has 0 bridgehead atoms. The normalized spacial score (nSPS) is 12.0. The Hall–Kier alpha value is -3.07. The zero-order valence-electron chi connectivity index (χ0n) is 25.3. The molecule has 3 rings (SSSR count). The Kier molecular flexibility index (Phi) is 12.9. The van der Waals surface area contributed by atoms with Crippen LogP contribution in [0.15, 0.2) is 66.7 Å². The van der Waals surface area contributed by atoms with Gasteiger partial charge in [0.1, 0.15) is 6.04 Å². The number of hydrogen-bond acceptors (Lipinski definition) is 4. The smallest absolute Gasteiger partial charge is 0.243 e. The summed E-state index contributed by atoms with van der Waals surface area (Å²) >= 11 is 13.0. The standard InChI is InChI=1S/C33H41Cl2N3O4S/c1-5-6-19-36-33(40)31(22-26-12-8-7-9-13-26)37(23-28-29(34)14-10-15-30(28)35)32(39)16-11-20-38(43(4,41)42)27-18-17-24(2)25(3)21-27/h7-10,12-15,17-18,21,31H,5-6,11,16,19-20,22-23H2,1-4H3,(H,36,40)/t31-/m0/s1. The number of nitrogens with zero attached hydrogens (tertiary/aromatic N) is 2. The molecule has 0 heterocycles. The van der Waals surface area contributed by atoms with Crippen LogP contribution in [0.4, 0.5) is 5.69 Å². The Morgan fingerprint density at radius 3 is 2.19 bits per heavy atom. The van der Waals surface area contributed by atoms with Crippen molar-refractivity contribution in [1.82, 2.24) is 10.2 Å². The summed E-state index contributed by atoms with van der Waals surface area (Å²) in [5.74, 6) is -0.558. The average Bonchev–Trinajstić information content (AvgIpc) is 2.95. The molecule has 0 spiro atoms. The number of sulfonamides is 1. The number of rotatable bonds is 15. The monoisotopic (exact) mass is 645 g/mol. The quantitative estimate of drug-likeness (QED) is 0.186. The number of anilines is 1. The number of carbonyl (C=O) groups excluding carboxylic acids is 2. The van der Waals surface area contributed by atoms with Gasteiger partial charge in [-0.15, -0.1) is 0 Å². The molecule has 3 aromatic rings. The van der Waals surface area contributed by atoms with Crippen LogP contribution in [0.1, 0.15) is 54.9 Å². The molecule has 0 aliphatic heterocycles. The van der Waals surface area contributed by atoms with E-state index in [0.717, 1.165) is 35.8 Å². The van der Waals surface area contributed by atoms with E-state index in [-0.39, 0.29) is 37.7 Å². The Morgan fingerprint density at radius 1 is 0.907 bits per heavy atom. The first-order valence-electron chi connectivity index (χ1n) is 14.5. The summed E-state index contributed by atoms with van der Waals surface area (Å²) in [6.45, 7) is 6.57. The van der Waals surface area contributed by atoms with Gasteiger partial charge in [0.2, 0.25) is 21.8 Å². The zero-order chi connectivity index (χ0) is 31.6. The number of aryl methyl sites for hydroxylation is 2. The molecule has 7 nitrogen and oxygen atoms in total. The van der Waals surface area contributed by atoms with Crippen LogP contribution >= 0.6 is 23.2 Å². The maximum absolute atomic E-state index is 14.0. The lowest BCUT2D eigenvalue weighted by atomic mass is 10.0. The fraction of sp³-hybridized carbons (Fsp3) is 0.394. The van der Waals surface area contributed by atoms with E-state index >= 15 is 0 Å². The number of hydrogen-bond donors (Lipinski definition) is 1. The molecule has 10 heteroatoms. The second kappa shape index (κ2) is 16.1. The van der Waals surface area contributed by atoms with Gasteiger partial charge in [0.15, 0.2) is 0 Å². The maximum atomic E-state index is 14.0. The van der Waals surface area contributed by atoms with Gasteiger partial charge in [-0.2, -0.15) is 0 Å². The van der Waals surface area contributed by atoms with Crippen LogP contribution in [-0.4, -0.2) is 50.5 Å². The lowest BCUT2D eigenvalue weighted by molar-refractivity contribution is -0.141. The molecule has 0 radical (unpaired) electrons. The molecule has 43 heavy (non-hydrogen) atoms. The number of halogens is 2.